The van der Waals surface area contributed by atoms with E-state index >= 15 is 0 Å². The highest BCUT2D eigenvalue weighted by molar-refractivity contribution is 6.33. The Kier molecular flexibility index (Phi) is 4.01. The summed E-state index contributed by atoms with van der Waals surface area (Å²) in [4.78, 5) is 16.1. The summed E-state index contributed by atoms with van der Waals surface area (Å²) >= 11 is 5.97. The maximum atomic E-state index is 13.0. The van der Waals surface area contributed by atoms with Crippen LogP contribution < -0.4 is 0 Å². The molecular formula is C15H14ClFN2O2. The summed E-state index contributed by atoms with van der Waals surface area (Å²) in [6.45, 7) is 0. The molecule has 1 unspecified atom stereocenters. The second-order valence-corrected chi connectivity index (χ2v) is 5.66. The van der Waals surface area contributed by atoms with E-state index in [4.69, 9.17) is 16.1 Å². The van der Waals surface area contributed by atoms with Crippen LogP contribution in [0.25, 0.3) is 11.4 Å². The molecule has 1 aliphatic rings. The van der Waals surface area contributed by atoms with Gasteiger partial charge in [0, 0.05) is 24.3 Å². The topological polar surface area (TPSA) is 56.0 Å². The predicted molar refractivity (Wildman–Crippen MR) is 75.4 cm³/mol. The molecule has 0 spiro atoms. The smallest absolute Gasteiger partial charge is 0.227 e. The van der Waals surface area contributed by atoms with Crippen molar-refractivity contribution in [1.29, 1.82) is 0 Å². The number of carbonyl (C=O) groups is 1. The van der Waals surface area contributed by atoms with Gasteiger partial charge in [0.15, 0.2) is 0 Å². The zero-order chi connectivity index (χ0) is 14.8. The first-order valence-corrected chi connectivity index (χ1v) is 7.32. The van der Waals surface area contributed by atoms with Crippen LogP contribution in [0, 0.1) is 11.7 Å². The van der Waals surface area contributed by atoms with E-state index in [0.29, 0.717) is 30.1 Å². The Morgan fingerprint density at radius 2 is 2.24 bits per heavy atom. The average molecular weight is 309 g/mol. The van der Waals surface area contributed by atoms with E-state index in [-0.39, 0.29) is 16.7 Å². The van der Waals surface area contributed by atoms with Crippen molar-refractivity contribution < 1.29 is 13.7 Å². The third-order valence-electron chi connectivity index (χ3n) is 3.74. The lowest BCUT2D eigenvalue weighted by Crippen LogP contribution is -2.21. The van der Waals surface area contributed by atoms with Crippen molar-refractivity contribution >= 4 is 17.4 Å². The molecule has 1 atom stereocenters. The fourth-order valence-electron chi connectivity index (χ4n) is 2.60. The minimum Gasteiger partial charge on any atom is -0.339 e. The maximum absolute atomic E-state index is 13.0. The van der Waals surface area contributed by atoms with E-state index in [1.165, 1.54) is 18.2 Å². The molecule has 1 aliphatic carbocycles. The van der Waals surface area contributed by atoms with Crippen LogP contribution in [-0.4, -0.2) is 15.9 Å². The summed E-state index contributed by atoms with van der Waals surface area (Å²) < 4.78 is 18.2. The van der Waals surface area contributed by atoms with Crippen LogP contribution in [0.2, 0.25) is 5.02 Å². The molecule has 6 heteroatoms. The number of halogens is 2. The number of carbonyl (C=O) groups excluding carboxylic acids is 1. The minimum atomic E-state index is -0.416. The van der Waals surface area contributed by atoms with Gasteiger partial charge in [-0.3, -0.25) is 4.79 Å². The molecule has 0 bridgehead atoms. The van der Waals surface area contributed by atoms with Crippen LogP contribution in [0.15, 0.2) is 22.7 Å². The zero-order valence-electron chi connectivity index (χ0n) is 11.3. The summed E-state index contributed by atoms with van der Waals surface area (Å²) in [5, 5.41) is 4.10. The Morgan fingerprint density at radius 3 is 3.00 bits per heavy atom. The highest BCUT2D eigenvalue weighted by Gasteiger charge is 2.25. The Balaban J connectivity index is 1.78. The van der Waals surface area contributed by atoms with Crippen molar-refractivity contribution in [2.75, 3.05) is 0 Å². The molecule has 1 heterocycles. The molecule has 1 fully saturated rings. The van der Waals surface area contributed by atoms with Gasteiger partial charge in [-0.15, -0.1) is 0 Å². The van der Waals surface area contributed by atoms with Crippen molar-refractivity contribution in [3.8, 4) is 11.4 Å². The SMILES string of the molecule is O=C1CCCCC1Cc1nc(-c2ccc(F)cc2Cl)no1. The highest BCUT2D eigenvalue weighted by atomic mass is 35.5. The lowest BCUT2D eigenvalue weighted by atomic mass is 9.86. The number of hydrogen-bond donors (Lipinski definition) is 0. The second-order valence-electron chi connectivity index (χ2n) is 5.25. The highest BCUT2D eigenvalue weighted by Crippen LogP contribution is 2.28. The quantitative estimate of drug-likeness (QED) is 0.864. The Hall–Kier alpha value is -1.75. The molecule has 0 saturated heterocycles. The predicted octanol–water partition coefficient (Wildman–Crippen LogP) is 3.83. The third-order valence-corrected chi connectivity index (χ3v) is 4.05. The monoisotopic (exact) mass is 308 g/mol. The number of hydrogen-bond acceptors (Lipinski definition) is 4. The zero-order valence-corrected chi connectivity index (χ0v) is 12.1. The molecule has 3 rings (SSSR count). The first-order valence-electron chi connectivity index (χ1n) is 6.94. The first-order chi connectivity index (χ1) is 10.1. The summed E-state index contributed by atoms with van der Waals surface area (Å²) in [5.41, 5.74) is 0.517. The van der Waals surface area contributed by atoms with Crippen LogP contribution in [0.4, 0.5) is 4.39 Å². The molecule has 1 aromatic heterocycles. The lowest BCUT2D eigenvalue weighted by molar-refractivity contribution is -0.124. The number of Topliss-reactive ketones (excluding diaryl/α,β-unsaturated/α-hetero) is 1. The van der Waals surface area contributed by atoms with Crippen LogP contribution in [-0.2, 0) is 11.2 Å². The number of aromatic nitrogens is 2. The van der Waals surface area contributed by atoms with Crippen LogP contribution in [0.3, 0.4) is 0 Å². The van der Waals surface area contributed by atoms with Crippen LogP contribution in [0.5, 0.6) is 0 Å². The van der Waals surface area contributed by atoms with Gasteiger partial charge in [-0.05, 0) is 31.0 Å². The van der Waals surface area contributed by atoms with Gasteiger partial charge in [-0.2, -0.15) is 4.98 Å². The van der Waals surface area contributed by atoms with E-state index in [2.05, 4.69) is 10.1 Å². The largest absolute Gasteiger partial charge is 0.339 e. The van der Waals surface area contributed by atoms with Gasteiger partial charge in [0.25, 0.3) is 0 Å². The molecule has 0 N–H and O–H groups in total. The maximum Gasteiger partial charge on any atom is 0.227 e. The minimum absolute atomic E-state index is 0.0317. The van der Waals surface area contributed by atoms with Crippen molar-refractivity contribution in [3.05, 3.63) is 34.9 Å². The van der Waals surface area contributed by atoms with E-state index in [9.17, 15) is 9.18 Å². The number of benzene rings is 1. The van der Waals surface area contributed by atoms with Gasteiger partial charge < -0.3 is 4.52 Å². The fraction of sp³-hybridized carbons (Fsp3) is 0.400. The molecule has 1 saturated carbocycles. The van der Waals surface area contributed by atoms with E-state index in [1.54, 1.807) is 0 Å². The van der Waals surface area contributed by atoms with Crippen LogP contribution in [0.1, 0.15) is 31.6 Å². The second kappa shape index (κ2) is 5.93. The molecule has 0 amide bonds. The number of ketones is 1. The Labute approximate surface area is 126 Å². The summed E-state index contributed by atoms with van der Waals surface area (Å²) in [7, 11) is 0. The van der Waals surface area contributed by atoms with Gasteiger partial charge in [-0.25, -0.2) is 4.39 Å². The Bertz CT molecular complexity index is 671. The van der Waals surface area contributed by atoms with Crippen molar-refractivity contribution in [1.82, 2.24) is 10.1 Å². The molecule has 110 valence electrons. The normalized spacial score (nSPS) is 19.0. The first kappa shape index (κ1) is 14.2. The van der Waals surface area contributed by atoms with Gasteiger partial charge >= 0.3 is 0 Å². The molecule has 0 aliphatic heterocycles. The summed E-state index contributed by atoms with van der Waals surface area (Å²) in [6, 6.07) is 4.01. The van der Waals surface area contributed by atoms with E-state index in [1.807, 2.05) is 0 Å². The van der Waals surface area contributed by atoms with Crippen molar-refractivity contribution in [2.45, 2.75) is 32.1 Å². The lowest BCUT2D eigenvalue weighted by Gasteiger charge is -2.18. The summed E-state index contributed by atoms with van der Waals surface area (Å²) in [6.07, 6.45) is 3.99. The number of rotatable bonds is 3. The fourth-order valence-corrected chi connectivity index (χ4v) is 2.85. The molecular weight excluding hydrogens is 295 g/mol. The standard InChI is InChI=1S/C15H14ClFN2O2/c16-12-8-10(17)5-6-11(12)15-18-14(21-19-15)7-9-3-1-2-4-13(9)20/h5-6,8-9H,1-4,7H2. The Morgan fingerprint density at radius 1 is 1.38 bits per heavy atom. The molecule has 21 heavy (non-hydrogen) atoms. The van der Waals surface area contributed by atoms with Gasteiger partial charge in [0.2, 0.25) is 11.7 Å². The van der Waals surface area contributed by atoms with Gasteiger partial charge in [0.05, 0.1) is 5.02 Å². The summed E-state index contributed by atoms with van der Waals surface area (Å²) in [5.74, 6) is 0.556. The van der Waals surface area contributed by atoms with Crippen molar-refractivity contribution in [2.24, 2.45) is 5.92 Å². The average Bonchev–Trinajstić information content (AvgIpc) is 2.90. The van der Waals surface area contributed by atoms with Gasteiger partial charge in [0.1, 0.15) is 11.6 Å². The van der Waals surface area contributed by atoms with E-state index < -0.39 is 5.82 Å². The van der Waals surface area contributed by atoms with Crippen LogP contribution >= 0.6 is 11.6 Å². The molecule has 1 aromatic carbocycles. The third kappa shape index (κ3) is 3.13. The van der Waals surface area contributed by atoms with Crippen molar-refractivity contribution in [3.63, 3.8) is 0 Å². The number of nitrogens with zero attached hydrogens (tertiary/aromatic N) is 2. The molecule has 2 aromatic rings. The molecule has 4 nitrogen and oxygen atoms in total. The van der Waals surface area contributed by atoms with E-state index in [0.717, 1.165) is 19.3 Å². The van der Waals surface area contributed by atoms with Gasteiger partial charge in [-0.1, -0.05) is 23.2 Å². The molecule has 0 radical (unpaired) electrons.